The van der Waals surface area contributed by atoms with Gasteiger partial charge in [-0.15, -0.1) is 22.7 Å². The van der Waals surface area contributed by atoms with Crippen LogP contribution in [0.2, 0.25) is 0 Å². The predicted molar refractivity (Wildman–Crippen MR) is 108 cm³/mol. The molecule has 3 rings (SSSR count). The minimum Gasteiger partial charge on any atom is -0.492 e. The van der Waals surface area contributed by atoms with E-state index in [9.17, 15) is 0 Å². The van der Waals surface area contributed by atoms with E-state index in [2.05, 4.69) is 53.7 Å². The molecule has 2 heterocycles. The van der Waals surface area contributed by atoms with E-state index in [1.165, 1.54) is 29.9 Å². The van der Waals surface area contributed by atoms with Gasteiger partial charge in [0.25, 0.3) is 0 Å². The van der Waals surface area contributed by atoms with Crippen LogP contribution in [0.5, 0.6) is 11.5 Å². The number of benzene rings is 1. The SMILES string of the molecule is CCOc1c2cc(C(C)C)sc2c(OCC)c2cc(C(C)C)sc12. The fraction of sp³-hybridized carbons (Fsp3) is 0.500. The first-order chi connectivity index (χ1) is 11.5. The smallest absolute Gasteiger partial charge is 0.146 e. The van der Waals surface area contributed by atoms with Crippen molar-refractivity contribution in [2.24, 2.45) is 0 Å². The van der Waals surface area contributed by atoms with Gasteiger partial charge in [-0.1, -0.05) is 27.7 Å². The molecule has 2 aromatic heterocycles. The van der Waals surface area contributed by atoms with Gasteiger partial charge in [-0.3, -0.25) is 0 Å². The van der Waals surface area contributed by atoms with Crippen LogP contribution in [0.4, 0.5) is 0 Å². The Morgan fingerprint density at radius 1 is 0.750 bits per heavy atom. The number of hydrogen-bond donors (Lipinski definition) is 0. The Hall–Kier alpha value is -1.26. The molecule has 2 nitrogen and oxygen atoms in total. The van der Waals surface area contributed by atoms with Gasteiger partial charge in [0.05, 0.1) is 22.6 Å². The molecule has 0 aliphatic carbocycles. The van der Waals surface area contributed by atoms with E-state index in [1.807, 2.05) is 22.7 Å². The lowest BCUT2D eigenvalue weighted by Gasteiger charge is -2.11. The molecule has 130 valence electrons. The van der Waals surface area contributed by atoms with Gasteiger partial charge in [0, 0.05) is 20.5 Å². The van der Waals surface area contributed by atoms with Crippen molar-refractivity contribution in [3.8, 4) is 11.5 Å². The second-order valence-corrected chi connectivity index (χ2v) is 8.78. The molecule has 0 amide bonds. The van der Waals surface area contributed by atoms with Crippen molar-refractivity contribution < 1.29 is 9.47 Å². The Kier molecular flexibility index (Phi) is 5.07. The molecule has 0 spiro atoms. The zero-order valence-electron chi connectivity index (χ0n) is 15.4. The van der Waals surface area contributed by atoms with E-state index in [4.69, 9.17) is 9.47 Å². The monoisotopic (exact) mass is 362 g/mol. The summed E-state index contributed by atoms with van der Waals surface area (Å²) in [7, 11) is 0. The fourth-order valence-electron chi connectivity index (χ4n) is 2.88. The van der Waals surface area contributed by atoms with Gasteiger partial charge in [-0.05, 0) is 37.8 Å². The summed E-state index contributed by atoms with van der Waals surface area (Å²) in [4.78, 5) is 2.77. The lowest BCUT2D eigenvalue weighted by molar-refractivity contribution is 0.343. The van der Waals surface area contributed by atoms with Gasteiger partial charge in [0.2, 0.25) is 0 Å². The van der Waals surface area contributed by atoms with Crippen molar-refractivity contribution in [1.29, 1.82) is 0 Å². The van der Waals surface area contributed by atoms with Crippen molar-refractivity contribution in [3.63, 3.8) is 0 Å². The summed E-state index contributed by atoms with van der Waals surface area (Å²) >= 11 is 3.69. The van der Waals surface area contributed by atoms with E-state index in [0.717, 1.165) is 11.5 Å². The lowest BCUT2D eigenvalue weighted by atomic mass is 10.1. The Bertz CT molecular complexity index is 731. The number of rotatable bonds is 6. The summed E-state index contributed by atoms with van der Waals surface area (Å²) < 4.78 is 14.7. The normalized spacial score (nSPS) is 12.0. The first-order valence-electron chi connectivity index (χ1n) is 8.76. The molecule has 3 aromatic rings. The molecule has 4 heteroatoms. The van der Waals surface area contributed by atoms with Crippen LogP contribution in [0.3, 0.4) is 0 Å². The molecule has 0 saturated heterocycles. The average Bonchev–Trinajstić information content (AvgIpc) is 3.15. The largest absolute Gasteiger partial charge is 0.492 e. The summed E-state index contributed by atoms with van der Waals surface area (Å²) in [6.45, 7) is 14.4. The second-order valence-electron chi connectivity index (χ2n) is 6.62. The van der Waals surface area contributed by atoms with Crippen LogP contribution in [-0.2, 0) is 0 Å². The molecule has 0 unspecified atom stereocenters. The fourth-order valence-corrected chi connectivity index (χ4v) is 5.23. The van der Waals surface area contributed by atoms with Crippen LogP contribution in [0.1, 0.15) is 63.1 Å². The number of ether oxygens (including phenoxy) is 2. The van der Waals surface area contributed by atoms with E-state index in [-0.39, 0.29) is 0 Å². The van der Waals surface area contributed by atoms with E-state index in [0.29, 0.717) is 25.0 Å². The predicted octanol–water partition coefficient (Wildman–Crippen LogP) is 7.16. The zero-order valence-corrected chi connectivity index (χ0v) is 17.0. The highest BCUT2D eigenvalue weighted by atomic mass is 32.1. The van der Waals surface area contributed by atoms with Crippen LogP contribution in [0, 0.1) is 0 Å². The second kappa shape index (κ2) is 6.93. The van der Waals surface area contributed by atoms with E-state index >= 15 is 0 Å². The van der Waals surface area contributed by atoms with Gasteiger partial charge < -0.3 is 9.47 Å². The first kappa shape index (κ1) is 17.6. The van der Waals surface area contributed by atoms with Gasteiger partial charge >= 0.3 is 0 Å². The molecule has 0 bridgehead atoms. The van der Waals surface area contributed by atoms with Gasteiger partial charge in [-0.2, -0.15) is 0 Å². The Morgan fingerprint density at radius 3 is 1.42 bits per heavy atom. The lowest BCUT2D eigenvalue weighted by Crippen LogP contribution is -1.95. The maximum absolute atomic E-state index is 6.11. The molecule has 0 aliphatic heterocycles. The van der Waals surface area contributed by atoms with Crippen LogP contribution in [-0.4, -0.2) is 13.2 Å². The Morgan fingerprint density at radius 2 is 1.12 bits per heavy atom. The quantitative estimate of drug-likeness (QED) is 0.463. The van der Waals surface area contributed by atoms with Gasteiger partial charge in [0.1, 0.15) is 11.5 Å². The molecule has 0 saturated carbocycles. The Labute approximate surface area is 152 Å². The van der Waals surface area contributed by atoms with Gasteiger partial charge in [-0.25, -0.2) is 0 Å². The van der Waals surface area contributed by atoms with Crippen molar-refractivity contribution in [2.75, 3.05) is 13.2 Å². The molecule has 0 N–H and O–H groups in total. The summed E-state index contributed by atoms with van der Waals surface area (Å²) in [5.41, 5.74) is 0. The highest BCUT2D eigenvalue weighted by molar-refractivity contribution is 7.21. The van der Waals surface area contributed by atoms with Crippen molar-refractivity contribution in [1.82, 2.24) is 0 Å². The van der Waals surface area contributed by atoms with E-state index in [1.54, 1.807) is 0 Å². The summed E-state index contributed by atoms with van der Waals surface area (Å²) in [5, 5.41) is 2.41. The van der Waals surface area contributed by atoms with E-state index < -0.39 is 0 Å². The average molecular weight is 363 g/mol. The van der Waals surface area contributed by atoms with Crippen LogP contribution in [0.15, 0.2) is 12.1 Å². The number of hydrogen-bond acceptors (Lipinski definition) is 4. The number of fused-ring (bicyclic) bond motifs is 2. The maximum Gasteiger partial charge on any atom is 0.146 e. The van der Waals surface area contributed by atoms with Crippen LogP contribution >= 0.6 is 22.7 Å². The maximum atomic E-state index is 6.11. The summed E-state index contributed by atoms with van der Waals surface area (Å²) in [6.07, 6.45) is 0. The molecule has 0 radical (unpaired) electrons. The van der Waals surface area contributed by atoms with Crippen molar-refractivity contribution in [2.45, 2.75) is 53.4 Å². The summed E-state index contributed by atoms with van der Waals surface area (Å²) in [5.74, 6) is 3.09. The molecule has 0 atom stereocenters. The third-order valence-corrected chi connectivity index (χ3v) is 6.99. The topological polar surface area (TPSA) is 18.5 Å². The standard InChI is InChI=1S/C20H26O2S2/c1-7-21-17-13-9-15(11(3)4)24-20(13)18(22-8-2)14-10-16(12(5)6)23-19(14)17/h9-12H,7-8H2,1-6H3. The third kappa shape index (κ3) is 2.91. The minimum absolute atomic E-state index is 0.510. The molecular weight excluding hydrogens is 336 g/mol. The van der Waals surface area contributed by atoms with Crippen molar-refractivity contribution >= 4 is 42.8 Å². The van der Waals surface area contributed by atoms with Crippen molar-refractivity contribution in [3.05, 3.63) is 21.9 Å². The van der Waals surface area contributed by atoms with Gasteiger partial charge in [0.15, 0.2) is 0 Å². The highest BCUT2D eigenvalue weighted by Gasteiger charge is 2.22. The third-order valence-electron chi connectivity index (χ3n) is 4.12. The van der Waals surface area contributed by atoms with Crippen LogP contribution < -0.4 is 9.47 Å². The molecule has 24 heavy (non-hydrogen) atoms. The molecule has 0 fully saturated rings. The van der Waals surface area contributed by atoms with Crippen LogP contribution in [0.25, 0.3) is 20.2 Å². The zero-order chi connectivity index (χ0) is 17.4. The molecular formula is C20H26O2S2. The number of thiophene rings is 2. The first-order valence-corrected chi connectivity index (χ1v) is 10.4. The summed E-state index contributed by atoms with van der Waals surface area (Å²) in [6, 6.07) is 4.60. The minimum atomic E-state index is 0.510. The molecule has 0 aliphatic rings. The molecule has 1 aromatic carbocycles. The Balaban J connectivity index is 2.41. The highest BCUT2D eigenvalue weighted by Crippen LogP contribution is 2.51.